The second-order valence-electron chi connectivity index (χ2n) is 3.98. The van der Waals surface area contributed by atoms with Gasteiger partial charge in [-0.2, -0.15) is 0 Å². The highest BCUT2D eigenvalue weighted by Crippen LogP contribution is 2.14. The number of aldehydes is 1. The topological polar surface area (TPSA) is 26.3 Å². The van der Waals surface area contributed by atoms with Crippen molar-refractivity contribution in [2.45, 2.75) is 39.5 Å². The van der Waals surface area contributed by atoms with Crippen molar-refractivity contribution >= 4 is 6.29 Å². The zero-order valence-electron chi connectivity index (χ0n) is 9.42. The van der Waals surface area contributed by atoms with Crippen LogP contribution in [-0.2, 0) is 9.53 Å². The Bertz CT molecular complexity index is 164. The van der Waals surface area contributed by atoms with Gasteiger partial charge in [0, 0.05) is 6.61 Å². The van der Waals surface area contributed by atoms with Crippen LogP contribution in [0.5, 0.6) is 0 Å². The lowest BCUT2D eigenvalue weighted by molar-refractivity contribution is -0.111. The monoisotopic (exact) mass is 198 g/mol. The molecule has 2 nitrogen and oxygen atoms in total. The summed E-state index contributed by atoms with van der Waals surface area (Å²) in [6, 6.07) is 0. The number of rotatable bonds is 9. The van der Waals surface area contributed by atoms with Crippen LogP contribution in [0.2, 0.25) is 0 Å². The van der Waals surface area contributed by atoms with Crippen LogP contribution in [-0.4, -0.2) is 19.5 Å². The molecule has 0 rings (SSSR count). The van der Waals surface area contributed by atoms with Gasteiger partial charge >= 0.3 is 0 Å². The van der Waals surface area contributed by atoms with Gasteiger partial charge in [-0.05, 0) is 32.1 Å². The van der Waals surface area contributed by atoms with Gasteiger partial charge < -0.3 is 9.53 Å². The quantitative estimate of drug-likeness (QED) is 0.323. The molecular formula is C12H22O2. The van der Waals surface area contributed by atoms with Crippen molar-refractivity contribution in [3.63, 3.8) is 0 Å². The van der Waals surface area contributed by atoms with Gasteiger partial charge in [-0.15, -0.1) is 6.58 Å². The molecule has 0 saturated heterocycles. The average molecular weight is 198 g/mol. The molecule has 0 bridgehead atoms. The van der Waals surface area contributed by atoms with E-state index < -0.39 is 0 Å². The molecule has 0 aromatic heterocycles. The van der Waals surface area contributed by atoms with E-state index in [-0.39, 0.29) is 6.61 Å². The zero-order valence-corrected chi connectivity index (χ0v) is 9.42. The van der Waals surface area contributed by atoms with Crippen molar-refractivity contribution in [2.24, 2.45) is 5.92 Å². The summed E-state index contributed by atoms with van der Waals surface area (Å²) in [5.41, 5.74) is 1.26. The molecule has 0 heterocycles. The molecule has 0 fully saturated rings. The van der Waals surface area contributed by atoms with E-state index in [1.165, 1.54) is 18.4 Å². The first kappa shape index (κ1) is 13.4. The van der Waals surface area contributed by atoms with E-state index in [4.69, 9.17) is 4.74 Å². The summed E-state index contributed by atoms with van der Waals surface area (Å²) in [7, 11) is 0. The third-order valence-electron chi connectivity index (χ3n) is 2.24. The lowest BCUT2D eigenvalue weighted by atomic mass is 9.99. The number of hydrogen-bond donors (Lipinski definition) is 0. The largest absolute Gasteiger partial charge is 0.374 e. The fraction of sp³-hybridized carbons (Fsp3) is 0.750. The first-order valence-electron chi connectivity index (χ1n) is 5.32. The highest BCUT2D eigenvalue weighted by Gasteiger charge is 2.01. The SMILES string of the molecule is C=C(C)CCCC(C)CCOCC=O. The smallest absolute Gasteiger partial charge is 0.145 e. The van der Waals surface area contributed by atoms with Crippen molar-refractivity contribution in [3.05, 3.63) is 12.2 Å². The molecule has 0 aliphatic heterocycles. The van der Waals surface area contributed by atoms with Gasteiger partial charge in [0.15, 0.2) is 0 Å². The number of allylic oxidation sites excluding steroid dienone is 1. The summed E-state index contributed by atoms with van der Waals surface area (Å²) in [5, 5.41) is 0. The summed E-state index contributed by atoms with van der Waals surface area (Å²) in [6.07, 6.45) is 5.40. The normalized spacial score (nSPS) is 12.4. The summed E-state index contributed by atoms with van der Waals surface area (Å²) in [4.78, 5) is 9.96. The maximum Gasteiger partial charge on any atom is 0.145 e. The van der Waals surface area contributed by atoms with Crippen LogP contribution in [0, 0.1) is 5.92 Å². The van der Waals surface area contributed by atoms with Gasteiger partial charge in [-0.25, -0.2) is 0 Å². The standard InChI is InChI=1S/C12H22O2/c1-11(2)5-4-6-12(3)7-9-14-10-8-13/h8,12H,1,4-7,9-10H2,2-3H3. The van der Waals surface area contributed by atoms with Crippen molar-refractivity contribution in [2.75, 3.05) is 13.2 Å². The molecule has 0 aliphatic rings. The fourth-order valence-corrected chi connectivity index (χ4v) is 1.31. The third-order valence-corrected chi connectivity index (χ3v) is 2.24. The summed E-state index contributed by atoms with van der Waals surface area (Å²) in [5.74, 6) is 0.681. The first-order valence-corrected chi connectivity index (χ1v) is 5.32. The fourth-order valence-electron chi connectivity index (χ4n) is 1.31. The number of hydrogen-bond acceptors (Lipinski definition) is 2. The van der Waals surface area contributed by atoms with Crippen molar-refractivity contribution in [3.8, 4) is 0 Å². The maximum absolute atomic E-state index is 9.96. The van der Waals surface area contributed by atoms with Gasteiger partial charge in [0.25, 0.3) is 0 Å². The lowest BCUT2D eigenvalue weighted by Gasteiger charge is -2.10. The zero-order chi connectivity index (χ0) is 10.8. The van der Waals surface area contributed by atoms with Crippen LogP contribution in [0.3, 0.4) is 0 Å². The molecular weight excluding hydrogens is 176 g/mol. The van der Waals surface area contributed by atoms with Crippen LogP contribution >= 0.6 is 0 Å². The molecule has 82 valence electrons. The van der Waals surface area contributed by atoms with Crippen LogP contribution in [0.15, 0.2) is 12.2 Å². The highest BCUT2D eigenvalue weighted by molar-refractivity contribution is 5.50. The number of carbonyl (C=O) groups is 1. The Morgan fingerprint density at radius 1 is 1.50 bits per heavy atom. The van der Waals surface area contributed by atoms with Gasteiger partial charge in [0.1, 0.15) is 12.9 Å². The Kier molecular flexibility index (Phi) is 8.54. The Labute approximate surface area is 87.3 Å². The van der Waals surface area contributed by atoms with E-state index in [2.05, 4.69) is 20.4 Å². The molecule has 0 amide bonds. The minimum absolute atomic E-state index is 0.235. The lowest BCUT2D eigenvalue weighted by Crippen LogP contribution is -2.03. The Hall–Kier alpha value is -0.630. The molecule has 0 radical (unpaired) electrons. The Balaban J connectivity index is 3.23. The predicted molar refractivity (Wildman–Crippen MR) is 59.3 cm³/mol. The minimum atomic E-state index is 0.235. The molecule has 2 heteroatoms. The molecule has 0 aliphatic carbocycles. The molecule has 0 aromatic rings. The molecule has 1 unspecified atom stereocenters. The minimum Gasteiger partial charge on any atom is -0.374 e. The van der Waals surface area contributed by atoms with Crippen molar-refractivity contribution in [1.82, 2.24) is 0 Å². The van der Waals surface area contributed by atoms with E-state index in [1.54, 1.807) is 0 Å². The Morgan fingerprint density at radius 2 is 2.21 bits per heavy atom. The summed E-state index contributed by atoms with van der Waals surface area (Å²) >= 11 is 0. The second-order valence-corrected chi connectivity index (χ2v) is 3.98. The van der Waals surface area contributed by atoms with Gasteiger partial charge in [0.2, 0.25) is 0 Å². The van der Waals surface area contributed by atoms with E-state index in [9.17, 15) is 4.79 Å². The molecule has 0 aromatic carbocycles. The van der Waals surface area contributed by atoms with E-state index in [0.717, 1.165) is 19.1 Å². The summed E-state index contributed by atoms with van der Waals surface area (Å²) in [6.45, 7) is 9.10. The van der Waals surface area contributed by atoms with E-state index in [0.29, 0.717) is 12.5 Å². The average Bonchev–Trinajstić information content (AvgIpc) is 2.12. The van der Waals surface area contributed by atoms with Gasteiger partial charge in [-0.1, -0.05) is 18.9 Å². The third kappa shape index (κ3) is 9.46. The molecule has 0 spiro atoms. The van der Waals surface area contributed by atoms with Gasteiger partial charge in [-0.3, -0.25) is 0 Å². The van der Waals surface area contributed by atoms with Gasteiger partial charge in [0.05, 0.1) is 0 Å². The highest BCUT2D eigenvalue weighted by atomic mass is 16.5. The van der Waals surface area contributed by atoms with Crippen LogP contribution < -0.4 is 0 Å². The second kappa shape index (κ2) is 8.95. The summed E-state index contributed by atoms with van der Waals surface area (Å²) < 4.78 is 5.10. The number of ether oxygens (including phenoxy) is 1. The maximum atomic E-state index is 9.96. The van der Waals surface area contributed by atoms with Crippen LogP contribution in [0.4, 0.5) is 0 Å². The first-order chi connectivity index (χ1) is 6.66. The van der Waals surface area contributed by atoms with Crippen molar-refractivity contribution < 1.29 is 9.53 Å². The number of carbonyl (C=O) groups excluding carboxylic acids is 1. The van der Waals surface area contributed by atoms with Crippen molar-refractivity contribution in [1.29, 1.82) is 0 Å². The van der Waals surface area contributed by atoms with Crippen LogP contribution in [0.25, 0.3) is 0 Å². The molecule has 1 atom stereocenters. The van der Waals surface area contributed by atoms with E-state index >= 15 is 0 Å². The molecule has 14 heavy (non-hydrogen) atoms. The molecule has 0 N–H and O–H groups in total. The Morgan fingerprint density at radius 3 is 2.79 bits per heavy atom. The van der Waals surface area contributed by atoms with E-state index in [1.807, 2.05) is 0 Å². The van der Waals surface area contributed by atoms with Crippen LogP contribution in [0.1, 0.15) is 39.5 Å². The predicted octanol–water partition coefficient (Wildman–Crippen LogP) is 2.97. The molecule has 0 saturated carbocycles.